The summed E-state index contributed by atoms with van der Waals surface area (Å²) < 4.78 is 2.03. The average molecular weight is 250 g/mol. The van der Waals surface area contributed by atoms with Crippen molar-refractivity contribution in [2.75, 3.05) is 13.6 Å². The molecule has 5 heteroatoms. The van der Waals surface area contributed by atoms with Gasteiger partial charge in [-0.2, -0.15) is 11.3 Å². The zero-order valence-electron chi connectivity index (χ0n) is 10.2. The fraction of sp³-hybridized carbons (Fsp3) is 0.417. The highest BCUT2D eigenvalue weighted by atomic mass is 32.1. The van der Waals surface area contributed by atoms with Gasteiger partial charge in [-0.05, 0) is 29.4 Å². The van der Waals surface area contributed by atoms with Crippen LogP contribution < -0.4 is 5.73 Å². The Labute approximate surface area is 106 Å². The van der Waals surface area contributed by atoms with Crippen molar-refractivity contribution in [1.29, 1.82) is 0 Å². The third kappa shape index (κ3) is 2.74. The maximum absolute atomic E-state index is 5.88. The highest BCUT2D eigenvalue weighted by molar-refractivity contribution is 7.07. The first-order chi connectivity index (χ1) is 8.22. The summed E-state index contributed by atoms with van der Waals surface area (Å²) in [6, 6.07) is 2.36. The number of imidazole rings is 1. The number of hydrogen-bond donors (Lipinski definition) is 1. The smallest absolute Gasteiger partial charge is 0.0946 e. The van der Waals surface area contributed by atoms with Gasteiger partial charge in [0.15, 0.2) is 0 Å². The van der Waals surface area contributed by atoms with Crippen molar-refractivity contribution in [2.24, 2.45) is 12.8 Å². The molecule has 92 valence electrons. The third-order valence-electron chi connectivity index (χ3n) is 2.96. The first-order valence-corrected chi connectivity index (χ1v) is 6.54. The van der Waals surface area contributed by atoms with Gasteiger partial charge >= 0.3 is 0 Å². The molecule has 0 amide bonds. The van der Waals surface area contributed by atoms with Crippen molar-refractivity contribution in [3.05, 3.63) is 40.6 Å². The van der Waals surface area contributed by atoms with E-state index in [1.54, 1.807) is 11.3 Å². The van der Waals surface area contributed by atoms with Crippen LogP contribution in [0.15, 0.2) is 29.4 Å². The summed E-state index contributed by atoms with van der Waals surface area (Å²) in [5, 5.41) is 4.28. The van der Waals surface area contributed by atoms with Crippen LogP contribution in [0, 0.1) is 0 Å². The van der Waals surface area contributed by atoms with E-state index in [-0.39, 0.29) is 6.04 Å². The third-order valence-corrected chi connectivity index (χ3v) is 3.69. The summed E-state index contributed by atoms with van der Waals surface area (Å²) in [5.41, 5.74) is 8.37. The summed E-state index contributed by atoms with van der Waals surface area (Å²) in [6.07, 6.45) is 3.71. The molecule has 2 rings (SSSR count). The van der Waals surface area contributed by atoms with E-state index in [4.69, 9.17) is 5.73 Å². The lowest BCUT2D eigenvalue weighted by molar-refractivity contribution is 0.234. The lowest BCUT2D eigenvalue weighted by atomic mass is 10.1. The largest absolute Gasteiger partial charge is 0.336 e. The Kier molecular flexibility index (Phi) is 3.93. The molecule has 2 aromatic heterocycles. The Balaban J connectivity index is 2.11. The van der Waals surface area contributed by atoms with Gasteiger partial charge in [0.25, 0.3) is 0 Å². The van der Waals surface area contributed by atoms with E-state index in [9.17, 15) is 0 Å². The SMILES string of the molecule is CN(Cc1ccsc1)C(CN)c1cncn1C. The number of nitrogens with two attached hydrogens (primary N) is 1. The number of likely N-dealkylation sites (N-methyl/N-ethyl adjacent to an activating group) is 1. The molecule has 0 aromatic carbocycles. The molecular weight excluding hydrogens is 232 g/mol. The predicted molar refractivity (Wildman–Crippen MR) is 70.8 cm³/mol. The second-order valence-electron chi connectivity index (χ2n) is 4.23. The van der Waals surface area contributed by atoms with Gasteiger partial charge in [-0.3, -0.25) is 4.90 Å². The van der Waals surface area contributed by atoms with E-state index in [1.165, 1.54) is 5.56 Å². The molecule has 0 aliphatic heterocycles. The normalized spacial score (nSPS) is 13.2. The van der Waals surface area contributed by atoms with E-state index in [2.05, 4.69) is 33.8 Å². The lowest BCUT2D eigenvalue weighted by Crippen LogP contribution is -2.31. The number of aryl methyl sites for hydroxylation is 1. The van der Waals surface area contributed by atoms with Crippen LogP contribution in [0.5, 0.6) is 0 Å². The minimum absolute atomic E-state index is 0.211. The summed E-state index contributed by atoms with van der Waals surface area (Å²) in [5.74, 6) is 0. The molecule has 0 saturated carbocycles. The molecule has 2 aromatic rings. The number of thiophene rings is 1. The zero-order chi connectivity index (χ0) is 12.3. The minimum Gasteiger partial charge on any atom is -0.336 e. The molecule has 17 heavy (non-hydrogen) atoms. The van der Waals surface area contributed by atoms with Gasteiger partial charge < -0.3 is 10.3 Å². The molecule has 0 saturated heterocycles. The Morgan fingerprint density at radius 2 is 2.41 bits per heavy atom. The zero-order valence-corrected chi connectivity index (χ0v) is 11.0. The molecular formula is C12H18N4S. The van der Waals surface area contributed by atoms with E-state index < -0.39 is 0 Å². The predicted octanol–water partition coefficient (Wildman–Crippen LogP) is 1.61. The van der Waals surface area contributed by atoms with Crippen molar-refractivity contribution in [2.45, 2.75) is 12.6 Å². The van der Waals surface area contributed by atoms with Crippen LogP contribution in [0.25, 0.3) is 0 Å². The van der Waals surface area contributed by atoms with Crippen molar-refractivity contribution in [3.63, 3.8) is 0 Å². The van der Waals surface area contributed by atoms with E-state index in [0.717, 1.165) is 12.2 Å². The molecule has 0 aliphatic rings. The van der Waals surface area contributed by atoms with Crippen LogP contribution in [-0.2, 0) is 13.6 Å². The Bertz CT molecular complexity index is 449. The van der Waals surface area contributed by atoms with Gasteiger partial charge in [0.1, 0.15) is 0 Å². The van der Waals surface area contributed by atoms with Crippen LogP contribution in [0.2, 0.25) is 0 Å². The molecule has 0 fully saturated rings. The van der Waals surface area contributed by atoms with Gasteiger partial charge in [0, 0.05) is 26.3 Å². The highest BCUT2D eigenvalue weighted by Gasteiger charge is 2.18. The van der Waals surface area contributed by atoms with E-state index in [0.29, 0.717) is 6.54 Å². The maximum Gasteiger partial charge on any atom is 0.0946 e. The topological polar surface area (TPSA) is 47.1 Å². The molecule has 2 heterocycles. The fourth-order valence-electron chi connectivity index (χ4n) is 2.00. The van der Waals surface area contributed by atoms with E-state index in [1.807, 2.05) is 24.1 Å². The first-order valence-electron chi connectivity index (χ1n) is 5.60. The van der Waals surface area contributed by atoms with Crippen LogP contribution in [-0.4, -0.2) is 28.0 Å². The number of aromatic nitrogens is 2. The average Bonchev–Trinajstić information content (AvgIpc) is 2.92. The Hall–Kier alpha value is -1.17. The van der Waals surface area contributed by atoms with Gasteiger partial charge in [-0.25, -0.2) is 4.98 Å². The monoisotopic (exact) mass is 250 g/mol. The van der Waals surface area contributed by atoms with Crippen molar-refractivity contribution < 1.29 is 0 Å². The summed E-state index contributed by atoms with van der Waals surface area (Å²) >= 11 is 1.73. The van der Waals surface area contributed by atoms with Gasteiger partial charge in [0.05, 0.1) is 18.1 Å². The molecule has 0 radical (unpaired) electrons. The van der Waals surface area contributed by atoms with Crippen molar-refractivity contribution in [1.82, 2.24) is 14.5 Å². The second-order valence-corrected chi connectivity index (χ2v) is 5.01. The second kappa shape index (κ2) is 5.44. The molecule has 0 bridgehead atoms. The van der Waals surface area contributed by atoms with Crippen molar-refractivity contribution >= 4 is 11.3 Å². The van der Waals surface area contributed by atoms with Crippen molar-refractivity contribution in [3.8, 4) is 0 Å². The van der Waals surface area contributed by atoms with Gasteiger partial charge in [-0.1, -0.05) is 0 Å². The fourth-order valence-corrected chi connectivity index (χ4v) is 2.66. The number of nitrogens with zero attached hydrogens (tertiary/aromatic N) is 3. The maximum atomic E-state index is 5.88. The summed E-state index contributed by atoms with van der Waals surface area (Å²) in [6.45, 7) is 1.51. The lowest BCUT2D eigenvalue weighted by Gasteiger charge is -2.26. The first kappa shape index (κ1) is 12.3. The highest BCUT2D eigenvalue weighted by Crippen LogP contribution is 2.20. The molecule has 2 N–H and O–H groups in total. The quantitative estimate of drug-likeness (QED) is 0.877. The molecule has 1 atom stereocenters. The Morgan fingerprint density at radius 3 is 2.94 bits per heavy atom. The van der Waals surface area contributed by atoms with Crippen LogP contribution in [0.1, 0.15) is 17.3 Å². The molecule has 1 unspecified atom stereocenters. The van der Waals surface area contributed by atoms with Crippen LogP contribution in [0.3, 0.4) is 0 Å². The Morgan fingerprint density at radius 1 is 1.59 bits per heavy atom. The van der Waals surface area contributed by atoms with Gasteiger partial charge in [0.2, 0.25) is 0 Å². The molecule has 0 spiro atoms. The van der Waals surface area contributed by atoms with E-state index >= 15 is 0 Å². The summed E-state index contributed by atoms with van der Waals surface area (Å²) in [4.78, 5) is 6.42. The van der Waals surface area contributed by atoms with Gasteiger partial charge in [-0.15, -0.1) is 0 Å². The molecule has 0 aliphatic carbocycles. The standard InChI is InChI=1S/C12H18N4S/c1-15(7-10-3-4-17-8-10)11(5-13)12-6-14-9-16(12)2/h3-4,6,8-9,11H,5,7,13H2,1-2H3. The summed E-state index contributed by atoms with van der Waals surface area (Å²) in [7, 11) is 4.10. The minimum atomic E-state index is 0.211. The molecule has 4 nitrogen and oxygen atoms in total. The number of hydrogen-bond acceptors (Lipinski definition) is 4. The number of rotatable bonds is 5. The van der Waals surface area contributed by atoms with Crippen LogP contribution in [0.4, 0.5) is 0 Å². The van der Waals surface area contributed by atoms with Crippen LogP contribution >= 0.6 is 11.3 Å².